The SMILES string of the molecule is NC(CCOCCc1cccs1)=NO. The van der Waals surface area contributed by atoms with Gasteiger partial charge < -0.3 is 15.7 Å². The predicted molar refractivity (Wildman–Crippen MR) is 56.9 cm³/mol. The Morgan fingerprint density at radius 2 is 2.43 bits per heavy atom. The Bertz CT molecular complexity index is 272. The van der Waals surface area contributed by atoms with Crippen LogP contribution in [0.2, 0.25) is 0 Å². The van der Waals surface area contributed by atoms with E-state index in [9.17, 15) is 0 Å². The van der Waals surface area contributed by atoms with Crippen LogP contribution in [0.15, 0.2) is 22.7 Å². The van der Waals surface area contributed by atoms with E-state index in [2.05, 4.69) is 11.2 Å². The van der Waals surface area contributed by atoms with Gasteiger partial charge in [0.25, 0.3) is 0 Å². The third-order valence-electron chi connectivity index (χ3n) is 1.70. The average Bonchev–Trinajstić information content (AvgIpc) is 2.69. The lowest BCUT2D eigenvalue weighted by atomic mass is 10.3. The molecule has 14 heavy (non-hydrogen) atoms. The molecule has 0 saturated carbocycles. The molecule has 5 heteroatoms. The summed E-state index contributed by atoms with van der Waals surface area (Å²) in [5.74, 6) is 0.209. The highest BCUT2D eigenvalue weighted by Gasteiger charge is 1.95. The summed E-state index contributed by atoms with van der Waals surface area (Å²) in [5.41, 5.74) is 5.27. The normalized spacial score (nSPS) is 11.9. The molecule has 0 unspecified atom stereocenters. The quantitative estimate of drug-likeness (QED) is 0.247. The smallest absolute Gasteiger partial charge is 0.141 e. The van der Waals surface area contributed by atoms with Crippen LogP contribution in [0.3, 0.4) is 0 Å². The van der Waals surface area contributed by atoms with Gasteiger partial charge in [0, 0.05) is 17.7 Å². The van der Waals surface area contributed by atoms with Crippen LogP contribution >= 0.6 is 11.3 Å². The second-order valence-corrected chi connectivity index (χ2v) is 3.82. The zero-order chi connectivity index (χ0) is 10.2. The fourth-order valence-corrected chi connectivity index (χ4v) is 1.65. The number of thiophene rings is 1. The Balaban J connectivity index is 2.00. The third-order valence-corrected chi connectivity index (χ3v) is 2.64. The number of hydrogen-bond acceptors (Lipinski definition) is 4. The highest BCUT2D eigenvalue weighted by molar-refractivity contribution is 7.09. The van der Waals surface area contributed by atoms with E-state index in [4.69, 9.17) is 15.7 Å². The summed E-state index contributed by atoms with van der Waals surface area (Å²) in [6, 6.07) is 4.11. The van der Waals surface area contributed by atoms with Gasteiger partial charge in [-0.1, -0.05) is 11.2 Å². The van der Waals surface area contributed by atoms with Gasteiger partial charge in [0.05, 0.1) is 13.2 Å². The number of nitrogens with two attached hydrogens (primary N) is 1. The largest absolute Gasteiger partial charge is 0.409 e. The lowest BCUT2D eigenvalue weighted by Crippen LogP contribution is -2.14. The summed E-state index contributed by atoms with van der Waals surface area (Å²) in [6.45, 7) is 1.18. The highest BCUT2D eigenvalue weighted by atomic mass is 32.1. The van der Waals surface area contributed by atoms with Crippen molar-refractivity contribution in [2.24, 2.45) is 10.9 Å². The van der Waals surface area contributed by atoms with Crippen LogP contribution in [0.25, 0.3) is 0 Å². The van der Waals surface area contributed by atoms with Gasteiger partial charge in [-0.2, -0.15) is 0 Å². The minimum absolute atomic E-state index is 0.209. The van der Waals surface area contributed by atoms with Gasteiger partial charge in [0.1, 0.15) is 5.84 Å². The van der Waals surface area contributed by atoms with Crippen molar-refractivity contribution in [1.29, 1.82) is 0 Å². The summed E-state index contributed by atoms with van der Waals surface area (Å²) in [7, 11) is 0. The van der Waals surface area contributed by atoms with Gasteiger partial charge in [-0.05, 0) is 11.4 Å². The van der Waals surface area contributed by atoms with Crippen molar-refractivity contribution >= 4 is 17.2 Å². The molecule has 0 spiro atoms. The van der Waals surface area contributed by atoms with Gasteiger partial charge in [-0.25, -0.2) is 0 Å². The van der Waals surface area contributed by atoms with Crippen molar-refractivity contribution in [1.82, 2.24) is 0 Å². The lowest BCUT2D eigenvalue weighted by molar-refractivity contribution is 0.144. The number of rotatable bonds is 6. The molecule has 1 rings (SSSR count). The predicted octanol–water partition coefficient (Wildman–Crippen LogP) is 1.44. The molecule has 0 aliphatic rings. The minimum atomic E-state index is 0.209. The van der Waals surface area contributed by atoms with E-state index in [1.807, 2.05) is 11.4 Å². The number of oxime groups is 1. The minimum Gasteiger partial charge on any atom is -0.409 e. The summed E-state index contributed by atoms with van der Waals surface area (Å²) in [4.78, 5) is 1.31. The van der Waals surface area contributed by atoms with Crippen LogP contribution in [-0.2, 0) is 11.2 Å². The average molecular weight is 214 g/mol. The standard InChI is InChI=1S/C9H14N2O2S/c10-9(11-12)4-6-13-5-3-8-2-1-7-14-8/h1-2,7,12H,3-6H2,(H2,10,11). The van der Waals surface area contributed by atoms with E-state index in [1.54, 1.807) is 11.3 Å². The second-order valence-electron chi connectivity index (χ2n) is 2.78. The second kappa shape index (κ2) is 6.39. The maximum atomic E-state index is 8.25. The van der Waals surface area contributed by atoms with Crippen LogP contribution in [0.1, 0.15) is 11.3 Å². The van der Waals surface area contributed by atoms with Crippen LogP contribution < -0.4 is 5.73 Å². The van der Waals surface area contributed by atoms with E-state index in [1.165, 1.54) is 4.88 Å². The first-order valence-electron chi connectivity index (χ1n) is 4.39. The van der Waals surface area contributed by atoms with Crippen LogP contribution in [-0.4, -0.2) is 24.3 Å². The van der Waals surface area contributed by atoms with E-state index in [0.717, 1.165) is 6.42 Å². The molecule has 0 aliphatic heterocycles. The van der Waals surface area contributed by atoms with Crippen molar-refractivity contribution < 1.29 is 9.94 Å². The number of ether oxygens (including phenoxy) is 1. The molecular formula is C9H14N2O2S. The van der Waals surface area contributed by atoms with Gasteiger partial charge in [-0.3, -0.25) is 0 Å². The highest BCUT2D eigenvalue weighted by Crippen LogP contribution is 2.08. The van der Waals surface area contributed by atoms with Crippen molar-refractivity contribution in [3.05, 3.63) is 22.4 Å². The van der Waals surface area contributed by atoms with Crippen molar-refractivity contribution in [2.45, 2.75) is 12.8 Å². The fourth-order valence-electron chi connectivity index (χ4n) is 0.956. The summed E-state index contributed by atoms with van der Waals surface area (Å²) in [5, 5.41) is 13.2. The van der Waals surface area contributed by atoms with Crippen LogP contribution in [0.4, 0.5) is 0 Å². The molecule has 0 bridgehead atoms. The van der Waals surface area contributed by atoms with Crippen molar-refractivity contribution in [3.8, 4) is 0 Å². The topological polar surface area (TPSA) is 67.8 Å². The molecular weight excluding hydrogens is 200 g/mol. The van der Waals surface area contributed by atoms with Gasteiger partial charge in [0.15, 0.2) is 0 Å². The maximum Gasteiger partial charge on any atom is 0.141 e. The van der Waals surface area contributed by atoms with E-state index in [-0.39, 0.29) is 5.84 Å². The van der Waals surface area contributed by atoms with E-state index >= 15 is 0 Å². The molecule has 3 N–H and O–H groups in total. The number of hydrogen-bond donors (Lipinski definition) is 2. The van der Waals surface area contributed by atoms with Crippen molar-refractivity contribution in [3.63, 3.8) is 0 Å². The Morgan fingerprint density at radius 3 is 3.07 bits per heavy atom. The van der Waals surface area contributed by atoms with Gasteiger partial charge in [0.2, 0.25) is 0 Å². The first-order chi connectivity index (χ1) is 6.83. The molecule has 0 saturated heterocycles. The van der Waals surface area contributed by atoms with E-state index in [0.29, 0.717) is 19.6 Å². The van der Waals surface area contributed by atoms with Gasteiger partial charge >= 0.3 is 0 Å². The number of amidine groups is 1. The first-order valence-corrected chi connectivity index (χ1v) is 5.27. The molecule has 0 fully saturated rings. The lowest BCUT2D eigenvalue weighted by Gasteiger charge is -2.01. The Labute approximate surface area is 87.0 Å². The molecule has 4 nitrogen and oxygen atoms in total. The molecule has 1 heterocycles. The molecule has 0 aliphatic carbocycles. The van der Waals surface area contributed by atoms with Crippen LogP contribution in [0.5, 0.6) is 0 Å². The number of nitrogens with zero attached hydrogens (tertiary/aromatic N) is 1. The maximum absolute atomic E-state index is 8.25. The summed E-state index contributed by atoms with van der Waals surface area (Å²) < 4.78 is 5.31. The Morgan fingerprint density at radius 1 is 1.57 bits per heavy atom. The molecule has 0 aromatic carbocycles. The van der Waals surface area contributed by atoms with Crippen molar-refractivity contribution in [2.75, 3.05) is 13.2 Å². The fraction of sp³-hybridized carbons (Fsp3) is 0.444. The summed E-state index contributed by atoms with van der Waals surface area (Å²) in [6.07, 6.45) is 1.40. The molecule has 0 amide bonds. The summed E-state index contributed by atoms with van der Waals surface area (Å²) >= 11 is 1.72. The third kappa shape index (κ3) is 4.25. The molecule has 78 valence electrons. The zero-order valence-electron chi connectivity index (χ0n) is 7.85. The van der Waals surface area contributed by atoms with Crippen LogP contribution in [0, 0.1) is 0 Å². The molecule has 0 atom stereocenters. The Hall–Kier alpha value is -1.07. The molecule has 1 aromatic rings. The monoisotopic (exact) mass is 214 g/mol. The van der Waals surface area contributed by atoms with E-state index < -0.39 is 0 Å². The molecule has 0 radical (unpaired) electrons. The zero-order valence-corrected chi connectivity index (χ0v) is 8.67. The first kappa shape index (κ1) is 11.0. The molecule has 1 aromatic heterocycles. The Kier molecular flexibility index (Phi) is 5.03. The van der Waals surface area contributed by atoms with Gasteiger partial charge in [-0.15, -0.1) is 11.3 Å².